The van der Waals surface area contributed by atoms with Gasteiger partial charge >= 0.3 is 0 Å². The molecule has 1 unspecified atom stereocenters. The Bertz CT molecular complexity index is 891. The lowest BCUT2D eigenvalue weighted by Gasteiger charge is -2.21. The molecule has 1 atom stereocenters. The van der Waals surface area contributed by atoms with Gasteiger partial charge in [0.15, 0.2) is 5.96 Å². The van der Waals surface area contributed by atoms with Crippen LogP contribution in [0.3, 0.4) is 0 Å². The predicted molar refractivity (Wildman–Crippen MR) is 136 cm³/mol. The molecule has 7 heteroatoms. The lowest BCUT2D eigenvalue weighted by Crippen LogP contribution is -2.39. The number of carbonyl (C=O) groups is 1. The normalized spacial score (nSPS) is 13.8. The zero-order valence-corrected chi connectivity index (χ0v) is 21.1. The highest BCUT2D eigenvalue weighted by Gasteiger charge is 2.22. The van der Waals surface area contributed by atoms with Crippen molar-refractivity contribution in [2.24, 2.45) is 4.99 Å². The van der Waals surface area contributed by atoms with E-state index in [-0.39, 0.29) is 35.9 Å². The van der Waals surface area contributed by atoms with Gasteiger partial charge in [0.1, 0.15) is 5.75 Å². The van der Waals surface area contributed by atoms with Gasteiger partial charge in [-0.2, -0.15) is 0 Å². The van der Waals surface area contributed by atoms with Crippen molar-refractivity contribution in [1.29, 1.82) is 0 Å². The van der Waals surface area contributed by atoms with Gasteiger partial charge in [0, 0.05) is 38.7 Å². The summed E-state index contributed by atoms with van der Waals surface area (Å²) in [5.74, 6) is 1.77. The van der Waals surface area contributed by atoms with Crippen molar-refractivity contribution in [2.75, 3.05) is 20.7 Å². The van der Waals surface area contributed by atoms with Crippen LogP contribution in [0.1, 0.15) is 48.1 Å². The maximum Gasteiger partial charge on any atom is 0.223 e. The summed E-state index contributed by atoms with van der Waals surface area (Å²) in [6.07, 6.45) is 1.29. The SMILES string of the molecule is CN=C(NCCCC(=O)N1Cc2ccccc2C1)NC(C)c1cc(C)ccc1OC.I. The number of hydrogen-bond acceptors (Lipinski definition) is 3. The molecule has 0 fully saturated rings. The summed E-state index contributed by atoms with van der Waals surface area (Å²) in [5, 5.41) is 6.72. The van der Waals surface area contributed by atoms with E-state index >= 15 is 0 Å². The average Bonchev–Trinajstić information content (AvgIpc) is 3.20. The van der Waals surface area contributed by atoms with E-state index in [9.17, 15) is 4.79 Å². The van der Waals surface area contributed by atoms with Crippen LogP contribution in [0.2, 0.25) is 0 Å². The van der Waals surface area contributed by atoms with E-state index in [0.717, 1.165) is 30.8 Å². The van der Waals surface area contributed by atoms with Crippen molar-refractivity contribution in [3.05, 3.63) is 64.7 Å². The first-order valence-corrected chi connectivity index (χ1v) is 10.5. The number of nitrogens with one attached hydrogen (secondary N) is 2. The minimum absolute atomic E-state index is 0. The highest BCUT2D eigenvalue weighted by Crippen LogP contribution is 2.26. The molecule has 31 heavy (non-hydrogen) atoms. The average molecular weight is 536 g/mol. The molecule has 2 aromatic rings. The van der Waals surface area contributed by atoms with Gasteiger partial charge in [0.2, 0.25) is 5.91 Å². The first-order chi connectivity index (χ1) is 14.5. The first kappa shape index (κ1) is 25.0. The fourth-order valence-electron chi connectivity index (χ4n) is 3.78. The molecular weight excluding hydrogens is 503 g/mol. The number of amides is 1. The molecule has 6 nitrogen and oxygen atoms in total. The molecule has 0 bridgehead atoms. The molecule has 0 radical (unpaired) electrons. The van der Waals surface area contributed by atoms with Gasteiger partial charge in [-0.3, -0.25) is 9.79 Å². The number of aliphatic imine (C=N–C) groups is 1. The van der Waals surface area contributed by atoms with E-state index in [2.05, 4.69) is 47.7 Å². The lowest BCUT2D eigenvalue weighted by atomic mass is 10.0. The summed E-state index contributed by atoms with van der Waals surface area (Å²) in [7, 11) is 3.44. The van der Waals surface area contributed by atoms with Gasteiger partial charge in [-0.25, -0.2) is 0 Å². The van der Waals surface area contributed by atoms with Crippen LogP contribution in [0.15, 0.2) is 47.5 Å². The molecule has 0 saturated carbocycles. The summed E-state index contributed by atoms with van der Waals surface area (Å²) >= 11 is 0. The monoisotopic (exact) mass is 536 g/mol. The highest BCUT2D eigenvalue weighted by molar-refractivity contribution is 14.0. The smallest absolute Gasteiger partial charge is 0.223 e. The second-order valence-corrected chi connectivity index (χ2v) is 7.73. The maximum atomic E-state index is 12.5. The van der Waals surface area contributed by atoms with Crippen LogP contribution in [0, 0.1) is 6.92 Å². The van der Waals surface area contributed by atoms with Crippen molar-refractivity contribution in [1.82, 2.24) is 15.5 Å². The fourth-order valence-corrected chi connectivity index (χ4v) is 3.78. The van der Waals surface area contributed by atoms with Crippen LogP contribution in [0.4, 0.5) is 0 Å². The quantitative estimate of drug-likeness (QED) is 0.241. The molecule has 0 aliphatic carbocycles. The number of rotatable bonds is 7. The summed E-state index contributed by atoms with van der Waals surface area (Å²) in [4.78, 5) is 18.8. The molecule has 1 aliphatic rings. The zero-order chi connectivity index (χ0) is 21.5. The molecule has 0 spiro atoms. The van der Waals surface area contributed by atoms with E-state index < -0.39 is 0 Å². The summed E-state index contributed by atoms with van der Waals surface area (Å²) in [5.41, 5.74) is 4.79. The van der Waals surface area contributed by atoms with Gasteiger partial charge in [0.25, 0.3) is 0 Å². The minimum atomic E-state index is 0. The number of methoxy groups -OCH3 is 1. The Morgan fingerprint density at radius 3 is 2.48 bits per heavy atom. The number of fused-ring (bicyclic) bond motifs is 1. The Labute approximate surface area is 202 Å². The lowest BCUT2D eigenvalue weighted by molar-refractivity contribution is -0.131. The van der Waals surface area contributed by atoms with Crippen molar-refractivity contribution >= 4 is 35.8 Å². The van der Waals surface area contributed by atoms with Gasteiger partial charge in [-0.05, 0) is 37.5 Å². The maximum absolute atomic E-state index is 12.5. The molecule has 0 saturated heterocycles. The van der Waals surface area contributed by atoms with Crippen LogP contribution < -0.4 is 15.4 Å². The van der Waals surface area contributed by atoms with Crippen LogP contribution in [-0.4, -0.2) is 37.5 Å². The molecule has 1 amide bonds. The van der Waals surface area contributed by atoms with Gasteiger partial charge in [-0.15, -0.1) is 24.0 Å². The second-order valence-electron chi connectivity index (χ2n) is 7.73. The summed E-state index contributed by atoms with van der Waals surface area (Å²) in [6, 6.07) is 14.5. The summed E-state index contributed by atoms with van der Waals surface area (Å²) in [6.45, 7) is 6.28. The molecule has 2 N–H and O–H groups in total. The van der Waals surface area contributed by atoms with Crippen molar-refractivity contribution in [3.8, 4) is 5.75 Å². The third-order valence-corrected chi connectivity index (χ3v) is 5.48. The van der Waals surface area contributed by atoms with Gasteiger partial charge in [-0.1, -0.05) is 42.0 Å². The van der Waals surface area contributed by atoms with Crippen LogP contribution in [0.5, 0.6) is 5.75 Å². The third kappa shape index (κ3) is 6.59. The number of ether oxygens (including phenoxy) is 1. The molecular formula is C24H33IN4O2. The standard InChI is InChI=1S/C24H32N4O2.HI/c1-17-11-12-22(30-4)21(14-17)18(2)27-24(25-3)26-13-7-10-23(29)28-15-19-8-5-6-9-20(19)16-28;/h5-6,8-9,11-12,14,18H,7,10,13,15-16H2,1-4H3,(H2,25,26,27);1H. The number of guanidine groups is 1. The Balaban J connectivity index is 0.00000341. The van der Waals surface area contributed by atoms with E-state index in [1.165, 1.54) is 16.7 Å². The molecule has 1 heterocycles. The van der Waals surface area contributed by atoms with Crippen molar-refractivity contribution in [3.63, 3.8) is 0 Å². The molecule has 3 rings (SSSR count). The largest absolute Gasteiger partial charge is 0.496 e. The van der Waals surface area contributed by atoms with Gasteiger partial charge in [0.05, 0.1) is 13.2 Å². The number of aryl methyl sites for hydroxylation is 1. The Morgan fingerprint density at radius 1 is 1.19 bits per heavy atom. The Kier molecular flexibility index (Phi) is 9.61. The van der Waals surface area contributed by atoms with E-state index in [4.69, 9.17) is 4.74 Å². The van der Waals surface area contributed by atoms with E-state index in [1.807, 2.05) is 29.2 Å². The Hall–Kier alpha value is -2.29. The van der Waals surface area contributed by atoms with Crippen molar-refractivity contribution < 1.29 is 9.53 Å². The molecule has 168 valence electrons. The third-order valence-electron chi connectivity index (χ3n) is 5.48. The topological polar surface area (TPSA) is 66.0 Å². The van der Waals surface area contributed by atoms with Crippen LogP contribution in [0.25, 0.3) is 0 Å². The second kappa shape index (κ2) is 11.9. The first-order valence-electron chi connectivity index (χ1n) is 10.5. The number of halogens is 1. The molecule has 1 aliphatic heterocycles. The number of nitrogens with zero attached hydrogens (tertiary/aromatic N) is 2. The molecule has 0 aromatic heterocycles. The zero-order valence-electron chi connectivity index (χ0n) is 18.8. The van der Waals surface area contributed by atoms with Gasteiger partial charge < -0.3 is 20.3 Å². The van der Waals surface area contributed by atoms with Crippen LogP contribution >= 0.6 is 24.0 Å². The molecule has 2 aromatic carbocycles. The predicted octanol–water partition coefficient (Wildman–Crippen LogP) is 4.17. The van der Waals surface area contributed by atoms with Crippen LogP contribution in [-0.2, 0) is 17.9 Å². The number of carbonyl (C=O) groups excluding carboxylic acids is 1. The Morgan fingerprint density at radius 2 is 1.87 bits per heavy atom. The highest BCUT2D eigenvalue weighted by atomic mass is 127. The summed E-state index contributed by atoms with van der Waals surface area (Å²) < 4.78 is 5.49. The van der Waals surface area contributed by atoms with E-state index in [0.29, 0.717) is 18.9 Å². The van der Waals surface area contributed by atoms with E-state index in [1.54, 1.807) is 14.2 Å². The number of hydrogen-bond donors (Lipinski definition) is 2. The fraction of sp³-hybridized carbons (Fsp3) is 0.417. The van der Waals surface area contributed by atoms with Crippen molar-refractivity contribution in [2.45, 2.75) is 45.8 Å². The minimum Gasteiger partial charge on any atom is -0.496 e. The number of benzene rings is 2.